The first-order chi connectivity index (χ1) is 12.5. The number of thiazole rings is 1. The molecule has 1 aromatic carbocycles. The third-order valence-electron chi connectivity index (χ3n) is 4.43. The average molecular weight is 366 g/mol. The van der Waals surface area contributed by atoms with E-state index in [1.165, 1.54) is 11.3 Å². The maximum atomic E-state index is 12.8. The van der Waals surface area contributed by atoms with Gasteiger partial charge < -0.3 is 9.32 Å². The Balaban J connectivity index is 1.56. The molecule has 4 aromatic rings. The zero-order valence-electron chi connectivity index (χ0n) is 14.7. The Bertz CT molecular complexity index is 1050. The number of carbonyl (C=O) groups excluding carboxylic acids is 1. The number of para-hydroxylation sites is 1. The Hall–Kier alpha value is -2.93. The molecule has 0 radical (unpaired) electrons. The summed E-state index contributed by atoms with van der Waals surface area (Å²) in [5, 5.41) is 7.74. The lowest BCUT2D eigenvalue weighted by molar-refractivity contribution is 0.0722. The van der Waals surface area contributed by atoms with Crippen molar-refractivity contribution in [2.45, 2.75) is 13.0 Å². The zero-order chi connectivity index (χ0) is 18.3. The minimum absolute atomic E-state index is 0.135. The first-order valence-electron chi connectivity index (χ1n) is 8.23. The number of rotatable bonds is 4. The van der Waals surface area contributed by atoms with Gasteiger partial charge in [0.15, 0.2) is 0 Å². The van der Waals surface area contributed by atoms with Gasteiger partial charge in [-0.3, -0.25) is 9.48 Å². The minimum Gasteiger partial charge on any atom is -0.459 e. The van der Waals surface area contributed by atoms with Crippen LogP contribution in [-0.4, -0.2) is 32.6 Å². The van der Waals surface area contributed by atoms with Gasteiger partial charge in [0, 0.05) is 36.6 Å². The second-order valence-electron chi connectivity index (χ2n) is 6.22. The molecule has 0 aliphatic carbocycles. The first kappa shape index (κ1) is 16.5. The van der Waals surface area contributed by atoms with Crippen LogP contribution >= 0.6 is 11.3 Å². The van der Waals surface area contributed by atoms with Crippen molar-refractivity contribution in [3.8, 4) is 10.6 Å². The van der Waals surface area contributed by atoms with E-state index in [0.717, 1.165) is 27.3 Å². The third kappa shape index (κ3) is 2.90. The summed E-state index contributed by atoms with van der Waals surface area (Å²) in [6.07, 6.45) is 3.63. The van der Waals surface area contributed by atoms with Crippen molar-refractivity contribution in [2.75, 3.05) is 7.05 Å². The highest BCUT2D eigenvalue weighted by Gasteiger charge is 2.24. The monoisotopic (exact) mass is 366 g/mol. The van der Waals surface area contributed by atoms with Crippen molar-refractivity contribution in [1.82, 2.24) is 19.7 Å². The Morgan fingerprint density at radius 2 is 2.15 bits per heavy atom. The van der Waals surface area contributed by atoms with E-state index in [1.54, 1.807) is 28.2 Å². The molecule has 4 rings (SSSR count). The predicted octanol–water partition coefficient (Wildman–Crippen LogP) is 4.12. The molecule has 0 fully saturated rings. The summed E-state index contributed by atoms with van der Waals surface area (Å²) in [5.41, 5.74) is 2.16. The number of carbonyl (C=O) groups is 1. The van der Waals surface area contributed by atoms with Crippen molar-refractivity contribution >= 4 is 28.2 Å². The SMILES string of the molecule is CC(c1cc2ccccc2o1)N(C)C(=O)c1csc(-c2cnn(C)c2)n1. The van der Waals surface area contributed by atoms with Crippen LogP contribution < -0.4 is 0 Å². The van der Waals surface area contributed by atoms with Gasteiger partial charge in [-0.25, -0.2) is 4.98 Å². The van der Waals surface area contributed by atoms with Gasteiger partial charge in [-0.15, -0.1) is 11.3 Å². The Morgan fingerprint density at radius 1 is 1.35 bits per heavy atom. The molecule has 0 spiro atoms. The van der Waals surface area contributed by atoms with Crippen LogP contribution in [0, 0.1) is 0 Å². The molecule has 0 bridgehead atoms. The van der Waals surface area contributed by atoms with E-state index >= 15 is 0 Å². The van der Waals surface area contributed by atoms with Gasteiger partial charge >= 0.3 is 0 Å². The third-order valence-corrected chi connectivity index (χ3v) is 5.32. The maximum Gasteiger partial charge on any atom is 0.273 e. The van der Waals surface area contributed by atoms with Gasteiger partial charge in [-0.2, -0.15) is 5.10 Å². The van der Waals surface area contributed by atoms with E-state index in [9.17, 15) is 4.79 Å². The Labute approximate surface area is 154 Å². The molecule has 0 N–H and O–H groups in total. The molecule has 1 amide bonds. The normalized spacial score (nSPS) is 12.4. The maximum absolute atomic E-state index is 12.8. The van der Waals surface area contributed by atoms with Crippen LogP contribution in [0.4, 0.5) is 0 Å². The van der Waals surface area contributed by atoms with E-state index in [2.05, 4.69) is 10.1 Å². The van der Waals surface area contributed by atoms with E-state index in [1.807, 2.05) is 50.5 Å². The lowest BCUT2D eigenvalue weighted by atomic mass is 10.2. The van der Waals surface area contributed by atoms with Crippen LogP contribution in [0.25, 0.3) is 21.5 Å². The summed E-state index contributed by atoms with van der Waals surface area (Å²) < 4.78 is 7.61. The number of aryl methyl sites for hydroxylation is 1. The second-order valence-corrected chi connectivity index (χ2v) is 7.08. The van der Waals surface area contributed by atoms with Crippen molar-refractivity contribution in [2.24, 2.45) is 7.05 Å². The number of fused-ring (bicyclic) bond motifs is 1. The first-order valence-corrected chi connectivity index (χ1v) is 9.11. The van der Waals surface area contributed by atoms with Crippen molar-refractivity contribution in [3.63, 3.8) is 0 Å². The molecule has 1 atom stereocenters. The van der Waals surface area contributed by atoms with Gasteiger partial charge in [-0.1, -0.05) is 18.2 Å². The quantitative estimate of drug-likeness (QED) is 0.545. The van der Waals surface area contributed by atoms with E-state index < -0.39 is 0 Å². The average Bonchev–Trinajstić information content (AvgIpc) is 3.37. The minimum atomic E-state index is -0.196. The van der Waals surface area contributed by atoms with E-state index in [-0.39, 0.29) is 11.9 Å². The molecule has 3 aromatic heterocycles. The predicted molar refractivity (Wildman–Crippen MR) is 101 cm³/mol. The van der Waals surface area contributed by atoms with Gasteiger partial charge in [-0.05, 0) is 19.1 Å². The molecule has 0 aliphatic rings. The van der Waals surface area contributed by atoms with Crippen LogP contribution in [0.3, 0.4) is 0 Å². The number of furan rings is 1. The fraction of sp³-hybridized carbons (Fsp3) is 0.211. The van der Waals surface area contributed by atoms with Crippen LogP contribution in [0.15, 0.2) is 52.5 Å². The largest absolute Gasteiger partial charge is 0.459 e. The highest BCUT2D eigenvalue weighted by atomic mass is 32.1. The molecule has 7 heteroatoms. The summed E-state index contributed by atoms with van der Waals surface area (Å²) in [5.74, 6) is 0.620. The second kappa shape index (κ2) is 6.42. The molecular weight excluding hydrogens is 348 g/mol. The summed E-state index contributed by atoms with van der Waals surface area (Å²) in [6, 6.07) is 9.61. The Morgan fingerprint density at radius 3 is 2.88 bits per heavy atom. The number of aromatic nitrogens is 3. The number of hydrogen-bond donors (Lipinski definition) is 0. The fourth-order valence-electron chi connectivity index (χ4n) is 2.79. The lowest BCUT2D eigenvalue weighted by Gasteiger charge is -2.22. The van der Waals surface area contributed by atoms with Crippen molar-refractivity contribution < 1.29 is 9.21 Å². The molecule has 132 valence electrons. The highest BCUT2D eigenvalue weighted by Crippen LogP contribution is 2.29. The van der Waals surface area contributed by atoms with Crippen LogP contribution in [0.5, 0.6) is 0 Å². The summed E-state index contributed by atoms with van der Waals surface area (Å²) in [4.78, 5) is 19.0. The fourth-order valence-corrected chi connectivity index (χ4v) is 3.56. The number of benzene rings is 1. The number of hydrogen-bond acceptors (Lipinski definition) is 5. The topological polar surface area (TPSA) is 64.2 Å². The van der Waals surface area contributed by atoms with Gasteiger partial charge in [0.25, 0.3) is 5.91 Å². The number of nitrogens with zero attached hydrogens (tertiary/aromatic N) is 4. The summed E-state index contributed by atoms with van der Waals surface area (Å²) >= 11 is 1.44. The van der Waals surface area contributed by atoms with Crippen LogP contribution in [0.1, 0.15) is 29.2 Å². The molecular formula is C19H18N4O2S. The van der Waals surface area contributed by atoms with Crippen molar-refractivity contribution in [1.29, 1.82) is 0 Å². The standard InChI is InChI=1S/C19H18N4O2S/c1-12(17-8-13-6-4-5-7-16(13)25-17)23(3)19(24)15-11-26-18(21-15)14-9-20-22(2)10-14/h4-12H,1-3H3. The van der Waals surface area contributed by atoms with Crippen molar-refractivity contribution in [3.05, 3.63) is 59.6 Å². The summed E-state index contributed by atoms with van der Waals surface area (Å²) in [6.45, 7) is 1.95. The van der Waals surface area contributed by atoms with Gasteiger partial charge in [0.1, 0.15) is 22.0 Å². The van der Waals surface area contributed by atoms with Crippen LogP contribution in [0.2, 0.25) is 0 Å². The van der Waals surface area contributed by atoms with Gasteiger partial charge in [0.2, 0.25) is 0 Å². The van der Waals surface area contributed by atoms with E-state index in [0.29, 0.717) is 5.69 Å². The molecule has 0 saturated heterocycles. The molecule has 26 heavy (non-hydrogen) atoms. The molecule has 0 aliphatic heterocycles. The highest BCUT2D eigenvalue weighted by molar-refractivity contribution is 7.13. The molecule has 1 unspecified atom stereocenters. The van der Waals surface area contributed by atoms with Gasteiger partial charge in [0.05, 0.1) is 12.2 Å². The molecule has 3 heterocycles. The van der Waals surface area contributed by atoms with E-state index in [4.69, 9.17) is 4.42 Å². The Kier molecular flexibility index (Phi) is 4.08. The summed E-state index contributed by atoms with van der Waals surface area (Å²) in [7, 11) is 3.62. The molecule has 0 saturated carbocycles. The smallest absolute Gasteiger partial charge is 0.273 e. The van der Waals surface area contributed by atoms with Crippen LogP contribution in [-0.2, 0) is 7.05 Å². The lowest BCUT2D eigenvalue weighted by Crippen LogP contribution is -2.29. The zero-order valence-corrected chi connectivity index (χ0v) is 15.5. The molecule has 6 nitrogen and oxygen atoms in total. The number of amides is 1.